The first-order valence-corrected chi connectivity index (χ1v) is 9.28. The van der Waals surface area contributed by atoms with Gasteiger partial charge in [-0.25, -0.2) is 0 Å². The van der Waals surface area contributed by atoms with Crippen LogP contribution < -0.4 is 9.47 Å². The highest BCUT2D eigenvalue weighted by Gasteiger charge is 2.28. The van der Waals surface area contributed by atoms with Crippen LogP contribution in [0.1, 0.15) is 40.3 Å². The molecule has 2 heterocycles. The zero-order valence-corrected chi connectivity index (χ0v) is 16.3. The molecule has 0 saturated heterocycles. The Labute approximate surface area is 164 Å². The van der Waals surface area contributed by atoms with E-state index in [-0.39, 0.29) is 18.7 Å². The summed E-state index contributed by atoms with van der Waals surface area (Å²) >= 11 is 0. The Balaban J connectivity index is 1.72. The van der Waals surface area contributed by atoms with Crippen molar-refractivity contribution in [2.75, 3.05) is 6.79 Å². The normalized spacial score (nSPS) is 13.4. The third kappa shape index (κ3) is 3.33. The van der Waals surface area contributed by atoms with Crippen molar-refractivity contribution in [3.63, 3.8) is 0 Å². The Kier molecular flexibility index (Phi) is 4.77. The van der Waals surface area contributed by atoms with Gasteiger partial charge in [0.1, 0.15) is 5.69 Å². The van der Waals surface area contributed by atoms with E-state index in [2.05, 4.69) is 5.10 Å². The number of carbonyl (C=O) groups is 1. The van der Waals surface area contributed by atoms with E-state index in [1.165, 1.54) is 0 Å². The molecule has 144 valence electrons. The molecule has 1 atom stereocenters. The fourth-order valence-corrected chi connectivity index (χ4v) is 3.55. The van der Waals surface area contributed by atoms with Gasteiger partial charge in [0.15, 0.2) is 11.5 Å². The molecule has 0 bridgehead atoms. The van der Waals surface area contributed by atoms with Crippen LogP contribution in [-0.4, -0.2) is 27.4 Å². The van der Waals surface area contributed by atoms with Crippen LogP contribution in [0.15, 0.2) is 54.6 Å². The van der Waals surface area contributed by atoms with E-state index in [1.54, 1.807) is 11.7 Å². The maximum Gasteiger partial charge on any atom is 0.272 e. The van der Waals surface area contributed by atoms with E-state index in [9.17, 15) is 4.79 Å². The summed E-state index contributed by atoms with van der Waals surface area (Å²) in [5.74, 6) is 1.35. The zero-order chi connectivity index (χ0) is 19.7. The van der Waals surface area contributed by atoms with Crippen molar-refractivity contribution >= 4 is 5.91 Å². The number of para-hydroxylation sites is 1. The van der Waals surface area contributed by atoms with Gasteiger partial charge in [-0.15, -0.1) is 0 Å². The van der Waals surface area contributed by atoms with Gasteiger partial charge < -0.3 is 14.4 Å². The summed E-state index contributed by atoms with van der Waals surface area (Å²) in [7, 11) is 1.79. The molecule has 1 aromatic heterocycles. The topological polar surface area (TPSA) is 56.6 Å². The maximum absolute atomic E-state index is 13.5. The fourth-order valence-electron chi connectivity index (χ4n) is 3.55. The van der Waals surface area contributed by atoms with Crippen LogP contribution in [0.3, 0.4) is 0 Å². The Hall–Kier alpha value is -3.28. The van der Waals surface area contributed by atoms with Gasteiger partial charge in [0.2, 0.25) is 6.79 Å². The van der Waals surface area contributed by atoms with Gasteiger partial charge in [-0.05, 0) is 31.5 Å². The monoisotopic (exact) mass is 377 g/mol. The van der Waals surface area contributed by atoms with E-state index in [0.717, 1.165) is 16.8 Å². The van der Waals surface area contributed by atoms with E-state index >= 15 is 0 Å². The van der Waals surface area contributed by atoms with E-state index in [1.807, 2.05) is 73.3 Å². The van der Waals surface area contributed by atoms with Gasteiger partial charge in [0, 0.05) is 12.6 Å². The Bertz CT molecular complexity index is 998. The standard InChI is InChI=1S/C22H23N3O3/c1-15-12-19(24(3)23-15)22(26)25(16(2)17-8-5-4-6-9-17)13-18-10-7-11-20-21(18)28-14-27-20/h4-12,16H,13-14H2,1-3H3/t16-/m0/s1. The molecule has 0 spiro atoms. The summed E-state index contributed by atoms with van der Waals surface area (Å²) in [5.41, 5.74) is 3.37. The molecule has 1 aliphatic rings. The van der Waals surface area contributed by atoms with Crippen LogP contribution in [0.4, 0.5) is 0 Å². The number of hydrogen-bond donors (Lipinski definition) is 0. The van der Waals surface area contributed by atoms with Crippen molar-refractivity contribution in [3.05, 3.63) is 77.1 Å². The van der Waals surface area contributed by atoms with Crippen LogP contribution in [0.2, 0.25) is 0 Å². The van der Waals surface area contributed by atoms with Crippen LogP contribution in [0, 0.1) is 6.92 Å². The Morgan fingerprint density at radius 2 is 1.96 bits per heavy atom. The average Bonchev–Trinajstić information content (AvgIpc) is 3.32. The predicted molar refractivity (Wildman–Crippen MR) is 105 cm³/mol. The van der Waals surface area contributed by atoms with Gasteiger partial charge in [-0.2, -0.15) is 5.10 Å². The van der Waals surface area contributed by atoms with Crippen molar-refractivity contribution in [3.8, 4) is 11.5 Å². The molecule has 0 fully saturated rings. The van der Waals surface area contributed by atoms with E-state index in [4.69, 9.17) is 9.47 Å². The molecule has 1 amide bonds. The fraction of sp³-hybridized carbons (Fsp3) is 0.273. The van der Waals surface area contributed by atoms with Crippen molar-refractivity contribution in [2.24, 2.45) is 7.05 Å². The molecular weight excluding hydrogens is 354 g/mol. The molecule has 4 rings (SSSR count). The first kappa shape index (κ1) is 18.1. The Morgan fingerprint density at radius 3 is 2.68 bits per heavy atom. The summed E-state index contributed by atoms with van der Waals surface area (Å²) < 4.78 is 12.8. The highest BCUT2D eigenvalue weighted by atomic mass is 16.7. The second-order valence-electron chi connectivity index (χ2n) is 6.97. The van der Waals surface area contributed by atoms with Crippen LogP contribution >= 0.6 is 0 Å². The number of amides is 1. The molecule has 0 radical (unpaired) electrons. The van der Waals surface area contributed by atoms with E-state index < -0.39 is 0 Å². The first-order chi connectivity index (χ1) is 13.5. The molecule has 0 aliphatic carbocycles. The number of carbonyl (C=O) groups excluding carboxylic acids is 1. The molecule has 0 saturated carbocycles. The lowest BCUT2D eigenvalue weighted by Gasteiger charge is -2.30. The largest absolute Gasteiger partial charge is 0.454 e. The molecule has 1 aliphatic heterocycles. The van der Waals surface area contributed by atoms with Gasteiger partial charge >= 0.3 is 0 Å². The SMILES string of the molecule is Cc1cc(C(=O)N(Cc2cccc3c2OCO3)[C@@H](C)c2ccccc2)n(C)n1. The summed E-state index contributed by atoms with van der Waals surface area (Å²) in [6, 6.07) is 17.5. The molecular formula is C22H23N3O3. The number of nitrogens with zero attached hydrogens (tertiary/aromatic N) is 3. The molecule has 2 aromatic carbocycles. The molecule has 6 nitrogen and oxygen atoms in total. The Morgan fingerprint density at radius 1 is 1.18 bits per heavy atom. The highest BCUT2D eigenvalue weighted by molar-refractivity contribution is 5.93. The number of benzene rings is 2. The minimum absolute atomic E-state index is 0.0732. The number of aromatic nitrogens is 2. The predicted octanol–water partition coefficient (Wildman–Crippen LogP) is 3.86. The van der Waals surface area contributed by atoms with Crippen LogP contribution in [-0.2, 0) is 13.6 Å². The highest BCUT2D eigenvalue weighted by Crippen LogP contribution is 2.37. The van der Waals surface area contributed by atoms with Crippen molar-refractivity contribution in [1.82, 2.24) is 14.7 Å². The zero-order valence-electron chi connectivity index (χ0n) is 16.3. The quantitative estimate of drug-likeness (QED) is 0.677. The lowest BCUT2D eigenvalue weighted by molar-refractivity contribution is 0.0661. The minimum Gasteiger partial charge on any atom is -0.454 e. The number of fused-ring (bicyclic) bond motifs is 1. The smallest absolute Gasteiger partial charge is 0.272 e. The van der Waals surface area contributed by atoms with E-state index in [0.29, 0.717) is 23.7 Å². The van der Waals surface area contributed by atoms with Crippen molar-refractivity contribution in [2.45, 2.75) is 26.4 Å². The lowest BCUT2D eigenvalue weighted by atomic mass is 10.0. The molecule has 28 heavy (non-hydrogen) atoms. The lowest BCUT2D eigenvalue weighted by Crippen LogP contribution is -2.34. The maximum atomic E-state index is 13.5. The van der Waals surface area contributed by atoms with Crippen molar-refractivity contribution in [1.29, 1.82) is 0 Å². The number of rotatable bonds is 5. The minimum atomic E-state index is -0.123. The summed E-state index contributed by atoms with van der Waals surface area (Å²) in [5, 5.41) is 4.34. The third-order valence-electron chi connectivity index (χ3n) is 5.05. The second-order valence-corrected chi connectivity index (χ2v) is 6.97. The summed E-state index contributed by atoms with van der Waals surface area (Å²) in [4.78, 5) is 15.3. The van der Waals surface area contributed by atoms with Crippen LogP contribution in [0.5, 0.6) is 11.5 Å². The third-order valence-corrected chi connectivity index (χ3v) is 5.05. The molecule has 6 heteroatoms. The first-order valence-electron chi connectivity index (χ1n) is 9.28. The second kappa shape index (κ2) is 7.38. The number of hydrogen-bond acceptors (Lipinski definition) is 4. The average molecular weight is 377 g/mol. The van der Waals surface area contributed by atoms with Crippen LogP contribution in [0.25, 0.3) is 0 Å². The van der Waals surface area contributed by atoms with Crippen molar-refractivity contribution < 1.29 is 14.3 Å². The molecule has 3 aromatic rings. The van der Waals surface area contributed by atoms with Gasteiger partial charge in [-0.3, -0.25) is 9.48 Å². The van der Waals surface area contributed by atoms with Gasteiger partial charge in [0.25, 0.3) is 5.91 Å². The number of ether oxygens (including phenoxy) is 2. The molecule has 0 N–H and O–H groups in total. The van der Waals surface area contributed by atoms with Gasteiger partial charge in [0.05, 0.1) is 18.3 Å². The number of aryl methyl sites for hydroxylation is 2. The summed E-state index contributed by atoms with van der Waals surface area (Å²) in [6.07, 6.45) is 0. The summed E-state index contributed by atoms with van der Waals surface area (Å²) in [6.45, 7) is 4.54. The molecule has 0 unspecified atom stereocenters. The van der Waals surface area contributed by atoms with Gasteiger partial charge in [-0.1, -0.05) is 42.5 Å².